The number of ether oxygens (including phenoxy) is 8. The molecule has 7 rings (SSSR count). The molecule has 0 aliphatic carbocycles. The number of rotatable bonds is 17. The van der Waals surface area contributed by atoms with E-state index in [1.807, 2.05) is 19.1 Å². The van der Waals surface area contributed by atoms with Gasteiger partial charge in [-0.2, -0.15) is 0 Å². The van der Waals surface area contributed by atoms with Gasteiger partial charge in [0.1, 0.15) is 24.0 Å². The van der Waals surface area contributed by atoms with Crippen LogP contribution in [-0.4, -0.2) is 73.8 Å². The Kier molecular flexibility index (Phi) is 15.4. The molecule has 338 valence electrons. The normalized spacial score (nSPS) is 17.9. The van der Waals surface area contributed by atoms with Crippen molar-refractivity contribution in [1.82, 2.24) is 0 Å². The number of carbonyl (C=O) groups excluding carboxylic acids is 5. The van der Waals surface area contributed by atoms with Crippen molar-refractivity contribution in [3.63, 3.8) is 0 Å². The van der Waals surface area contributed by atoms with Crippen molar-refractivity contribution in [2.75, 3.05) is 13.2 Å². The smallest absolute Gasteiger partial charge is 0.383 e. The summed E-state index contributed by atoms with van der Waals surface area (Å²) in [6, 6.07) is 36.2. The van der Waals surface area contributed by atoms with Gasteiger partial charge in [-0.15, -0.1) is 0 Å². The maximum atomic E-state index is 14.0. The molecule has 66 heavy (non-hydrogen) atoms. The van der Waals surface area contributed by atoms with Crippen LogP contribution in [0.2, 0.25) is 0 Å². The molecule has 1 aliphatic heterocycles. The van der Waals surface area contributed by atoms with Gasteiger partial charge in [-0.25, -0.2) is 24.0 Å². The molecule has 0 amide bonds. The lowest BCUT2D eigenvalue weighted by Gasteiger charge is -2.44. The van der Waals surface area contributed by atoms with Gasteiger partial charge in [0.25, 0.3) is 5.75 Å². The summed E-state index contributed by atoms with van der Waals surface area (Å²) in [4.78, 5) is 80.5. The Morgan fingerprint density at radius 3 is 1.65 bits per heavy atom. The number of hydrogen-bond acceptors (Lipinski definition) is 15. The second-order valence-electron chi connectivity index (χ2n) is 14.6. The first kappa shape index (κ1) is 46.0. The van der Waals surface area contributed by atoms with Gasteiger partial charge >= 0.3 is 35.5 Å². The Morgan fingerprint density at radius 2 is 1.12 bits per heavy atom. The average molecular weight is 897 g/mol. The van der Waals surface area contributed by atoms with Crippen LogP contribution in [0.15, 0.2) is 161 Å². The van der Waals surface area contributed by atoms with E-state index in [1.54, 1.807) is 84.9 Å². The van der Waals surface area contributed by atoms with Crippen molar-refractivity contribution in [2.45, 2.75) is 57.4 Å². The standard InChI is InChI=1S/C51H44O15/c1-3-4-5-18-29-58-41-38-28-27-37(30-39(38)62-50(57)44(41)60-32(2)52)61-51-45(66-49(56)36-25-16-9-17-26-36)43(65-48(55)35-23-14-8-15-24-35)42(64-47(54)34-21-12-7-13-22-34)40(63-51)31-59-46(53)33-19-10-6-11-20-33/h4-17,19-28,30,40,42-43,45,51H,3,18,29,31H2,1-2H3/b5-4+/t40-,42-,43+,45+,51+/m1/s1. The molecular formula is C51H44O15. The first-order chi connectivity index (χ1) is 32.1. The molecule has 1 aliphatic rings. The molecule has 0 radical (unpaired) electrons. The summed E-state index contributed by atoms with van der Waals surface area (Å²) in [5.41, 5.74) is -0.542. The molecule has 0 spiro atoms. The number of esters is 5. The summed E-state index contributed by atoms with van der Waals surface area (Å²) in [7, 11) is 0. The third-order valence-corrected chi connectivity index (χ3v) is 9.96. The fourth-order valence-corrected chi connectivity index (χ4v) is 6.85. The average Bonchev–Trinajstić information content (AvgIpc) is 3.34. The predicted octanol–water partition coefficient (Wildman–Crippen LogP) is 8.09. The summed E-state index contributed by atoms with van der Waals surface area (Å²) >= 11 is 0. The molecule has 15 heteroatoms. The zero-order valence-electron chi connectivity index (χ0n) is 35.8. The monoisotopic (exact) mass is 896 g/mol. The van der Waals surface area contributed by atoms with Gasteiger partial charge < -0.3 is 42.3 Å². The third kappa shape index (κ3) is 11.6. The second-order valence-corrected chi connectivity index (χ2v) is 14.6. The maximum Gasteiger partial charge on any atom is 0.383 e. The highest BCUT2D eigenvalue weighted by atomic mass is 16.7. The Balaban J connectivity index is 1.32. The molecule has 0 unspecified atom stereocenters. The van der Waals surface area contributed by atoms with Crippen LogP contribution in [0.1, 0.15) is 68.1 Å². The minimum absolute atomic E-state index is 0.0265. The zero-order valence-corrected chi connectivity index (χ0v) is 35.8. The Morgan fingerprint density at radius 1 is 0.606 bits per heavy atom. The van der Waals surface area contributed by atoms with Crippen molar-refractivity contribution in [2.24, 2.45) is 0 Å². The van der Waals surface area contributed by atoms with Crippen LogP contribution >= 0.6 is 0 Å². The summed E-state index contributed by atoms with van der Waals surface area (Å²) in [5, 5.41) is 0.238. The van der Waals surface area contributed by atoms with Crippen LogP contribution in [0.4, 0.5) is 0 Å². The van der Waals surface area contributed by atoms with Gasteiger partial charge in [0.2, 0.25) is 12.4 Å². The topological polar surface area (TPSA) is 189 Å². The Hall–Kier alpha value is -8.04. The van der Waals surface area contributed by atoms with Crippen LogP contribution in [0.3, 0.4) is 0 Å². The summed E-state index contributed by atoms with van der Waals surface area (Å²) in [5.74, 6) is -4.70. The van der Waals surface area contributed by atoms with Crippen molar-refractivity contribution < 1.29 is 66.3 Å². The molecule has 5 aromatic carbocycles. The van der Waals surface area contributed by atoms with Crippen LogP contribution in [0.5, 0.6) is 17.2 Å². The molecule has 1 fully saturated rings. The molecule has 5 atom stereocenters. The van der Waals surface area contributed by atoms with E-state index < -0.39 is 78.5 Å². The summed E-state index contributed by atoms with van der Waals surface area (Å²) < 4.78 is 53.8. The van der Waals surface area contributed by atoms with Crippen LogP contribution in [0, 0.1) is 0 Å². The van der Waals surface area contributed by atoms with Crippen molar-refractivity contribution >= 4 is 40.8 Å². The van der Waals surface area contributed by atoms with Crippen molar-refractivity contribution in [1.29, 1.82) is 0 Å². The van der Waals surface area contributed by atoms with E-state index in [1.165, 1.54) is 54.6 Å². The van der Waals surface area contributed by atoms with E-state index in [0.717, 1.165) is 13.3 Å². The van der Waals surface area contributed by atoms with Crippen molar-refractivity contribution in [3.05, 3.63) is 184 Å². The Bertz CT molecular complexity index is 2720. The molecule has 6 aromatic rings. The molecule has 0 saturated carbocycles. The summed E-state index contributed by atoms with van der Waals surface area (Å²) in [6.45, 7) is 2.66. The van der Waals surface area contributed by atoms with E-state index in [0.29, 0.717) is 6.42 Å². The predicted molar refractivity (Wildman–Crippen MR) is 236 cm³/mol. The second kappa shape index (κ2) is 22.0. The van der Waals surface area contributed by atoms with Gasteiger partial charge in [-0.3, -0.25) is 4.79 Å². The van der Waals surface area contributed by atoms with Crippen LogP contribution in [0.25, 0.3) is 11.0 Å². The van der Waals surface area contributed by atoms with Gasteiger partial charge in [-0.05, 0) is 73.5 Å². The lowest BCUT2D eigenvalue weighted by atomic mass is 9.97. The molecule has 15 nitrogen and oxygen atoms in total. The number of benzene rings is 5. The minimum Gasteiger partial charge on any atom is -0.488 e. The highest BCUT2D eigenvalue weighted by Crippen LogP contribution is 2.37. The van der Waals surface area contributed by atoms with E-state index in [9.17, 15) is 28.8 Å². The fourth-order valence-electron chi connectivity index (χ4n) is 6.85. The number of hydrogen-bond donors (Lipinski definition) is 0. The lowest BCUT2D eigenvalue weighted by molar-refractivity contribution is -0.275. The van der Waals surface area contributed by atoms with Gasteiger partial charge in [0, 0.05) is 13.0 Å². The lowest BCUT2D eigenvalue weighted by Crippen LogP contribution is -2.63. The maximum absolute atomic E-state index is 14.0. The van der Waals surface area contributed by atoms with Crippen LogP contribution < -0.4 is 19.8 Å². The highest BCUT2D eigenvalue weighted by molar-refractivity contribution is 5.92. The molecule has 0 bridgehead atoms. The molecule has 1 aromatic heterocycles. The largest absolute Gasteiger partial charge is 0.488 e. The van der Waals surface area contributed by atoms with Gasteiger partial charge in [0.15, 0.2) is 18.0 Å². The quantitative estimate of drug-likeness (QED) is 0.0281. The third-order valence-electron chi connectivity index (χ3n) is 9.96. The van der Waals surface area contributed by atoms with Crippen LogP contribution in [-0.2, 0) is 28.5 Å². The van der Waals surface area contributed by atoms with Gasteiger partial charge in [-0.1, -0.05) is 91.9 Å². The summed E-state index contributed by atoms with van der Waals surface area (Å²) in [6.07, 6.45) is -3.00. The van der Waals surface area contributed by atoms with E-state index in [2.05, 4.69) is 0 Å². The number of allylic oxidation sites excluding steroid dienone is 1. The molecule has 2 heterocycles. The van der Waals surface area contributed by atoms with Crippen molar-refractivity contribution in [3.8, 4) is 17.2 Å². The SMILES string of the molecule is CC/C=C/CCOc1c(OC(C)=O)c(=O)oc2cc(O[C@H]3O[C@H](COC(=O)c4ccccc4)[C@@H](OC(=O)c4ccccc4)[C@H](OC(=O)c4ccccc4)[C@@H]3OC(=O)c3ccccc3)ccc12. The van der Waals surface area contributed by atoms with Gasteiger partial charge in [0.05, 0.1) is 34.2 Å². The minimum atomic E-state index is -1.70. The Labute approximate surface area is 378 Å². The number of fused-ring (bicyclic) bond motifs is 1. The fraction of sp³-hybridized carbons (Fsp3) is 0.216. The van der Waals surface area contributed by atoms with E-state index in [4.69, 9.17) is 42.3 Å². The number of carbonyl (C=O) groups is 5. The molecule has 0 N–H and O–H groups in total. The molecular weight excluding hydrogens is 853 g/mol. The van der Waals surface area contributed by atoms with E-state index >= 15 is 0 Å². The zero-order chi connectivity index (χ0) is 46.4. The first-order valence-corrected chi connectivity index (χ1v) is 21.0. The molecule has 1 saturated heterocycles. The van der Waals surface area contributed by atoms with E-state index in [-0.39, 0.29) is 51.3 Å². The highest BCUT2D eigenvalue weighted by Gasteiger charge is 2.54. The first-order valence-electron chi connectivity index (χ1n) is 21.0.